The van der Waals surface area contributed by atoms with E-state index in [2.05, 4.69) is 10.1 Å². The number of hydrogen-bond acceptors (Lipinski definition) is 4. The first kappa shape index (κ1) is 18.7. The van der Waals surface area contributed by atoms with Crippen LogP contribution in [0.15, 0.2) is 53.3 Å². The summed E-state index contributed by atoms with van der Waals surface area (Å²) >= 11 is 0. The Hall–Kier alpha value is -3.61. The number of methoxy groups -OCH3 is 2. The van der Waals surface area contributed by atoms with Crippen LogP contribution in [-0.2, 0) is 6.42 Å². The maximum absolute atomic E-state index is 14.0. The Labute approximate surface area is 166 Å². The van der Waals surface area contributed by atoms with Crippen molar-refractivity contribution >= 4 is 5.65 Å². The first-order valence-electron chi connectivity index (χ1n) is 9.09. The van der Waals surface area contributed by atoms with Gasteiger partial charge in [0.1, 0.15) is 5.82 Å². The largest absolute Gasteiger partial charge is 0.493 e. The average molecular weight is 393 g/mol. The molecule has 0 radical (unpaired) electrons. The van der Waals surface area contributed by atoms with E-state index in [1.54, 1.807) is 38.5 Å². The number of benzene rings is 2. The van der Waals surface area contributed by atoms with Gasteiger partial charge >= 0.3 is 0 Å². The Kier molecular flexibility index (Phi) is 4.80. The Morgan fingerprint density at radius 2 is 1.83 bits per heavy atom. The van der Waals surface area contributed by atoms with E-state index >= 15 is 0 Å². The predicted molar refractivity (Wildman–Crippen MR) is 108 cm³/mol. The van der Waals surface area contributed by atoms with Gasteiger partial charge in [-0.25, -0.2) is 13.9 Å². The standard InChI is InChI=1S/C22H20FN3O3/c1-13-21(15-8-9-18(28-2)19(11-15)29-3)22-24-16(12-20(27)26(22)25-13)10-14-6-4-5-7-17(14)23/h4-9,11-12,25H,10H2,1-3H3. The lowest BCUT2D eigenvalue weighted by Crippen LogP contribution is -2.16. The minimum atomic E-state index is -0.320. The number of ether oxygens (including phenoxy) is 2. The highest BCUT2D eigenvalue weighted by molar-refractivity contribution is 5.81. The summed E-state index contributed by atoms with van der Waals surface area (Å²) in [4.78, 5) is 17.3. The third kappa shape index (κ3) is 3.35. The minimum absolute atomic E-state index is 0.230. The van der Waals surface area contributed by atoms with E-state index in [1.165, 1.54) is 16.6 Å². The van der Waals surface area contributed by atoms with Gasteiger partial charge in [-0.3, -0.25) is 9.89 Å². The molecule has 2 heterocycles. The Bertz CT molecular complexity index is 1260. The fourth-order valence-corrected chi connectivity index (χ4v) is 3.46. The van der Waals surface area contributed by atoms with E-state index < -0.39 is 0 Å². The number of fused-ring (bicyclic) bond motifs is 1. The van der Waals surface area contributed by atoms with Crippen molar-refractivity contribution in [3.8, 4) is 22.6 Å². The predicted octanol–water partition coefficient (Wildman–Crippen LogP) is 3.75. The molecule has 0 saturated carbocycles. The summed E-state index contributed by atoms with van der Waals surface area (Å²) in [6.07, 6.45) is 0.230. The van der Waals surface area contributed by atoms with Crippen LogP contribution in [0.4, 0.5) is 4.39 Å². The Balaban J connectivity index is 1.87. The molecular weight excluding hydrogens is 373 g/mol. The monoisotopic (exact) mass is 393 g/mol. The molecule has 0 spiro atoms. The third-order valence-corrected chi connectivity index (χ3v) is 4.85. The van der Waals surface area contributed by atoms with Crippen molar-refractivity contribution in [1.82, 2.24) is 14.6 Å². The molecule has 0 aliphatic heterocycles. The zero-order chi connectivity index (χ0) is 20.5. The van der Waals surface area contributed by atoms with Gasteiger partial charge in [-0.2, -0.15) is 0 Å². The second-order valence-corrected chi connectivity index (χ2v) is 6.69. The average Bonchev–Trinajstić information content (AvgIpc) is 3.05. The molecular formula is C22H20FN3O3. The molecule has 0 aliphatic rings. The van der Waals surface area contributed by atoms with Crippen LogP contribution in [0.3, 0.4) is 0 Å². The van der Waals surface area contributed by atoms with Gasteiger partial charge in [-0.1, -0.05) is 24.3 Å². The molecule has 0 atom stereocenters. The molecule has 0 aliphatic carbocycles. The molecule has 4 aromatic rings. The molecule has 7 heteroatoms. The highest BCUT2D eigenvalue weighted by Crippen LogP contribution is 2.34. The maximum atomic E-state index is 14.0. The van der Waals surface area contributed by atoms with Gasteiger partial charge in [0, 0.05) is 23.7 Å². The lowest BCUT2D eigenvalue weighted by Gasteiger charge is -2.09. The van der Waals surface area contributed by atoms with Crippen LogP contribution >= 0.6 is 0 Å². The molecule has 4 rings (SSSR count). The second-order valence-electron chi connectivity index (χ2n) is 6.69. The number of halogens is 1. The first-order valence-corrected chi connectivity index (χ1v) is 9.09. The molecule has 6 nitrogen and oxygen atoms in total. The van der Waals surface area contributed by atoms with Gasteiger partial charge in [0.15, 0.2) is 17.1 Å². The van der Waals surface area contributed by atoms with E-state index in [4.69, 9.17) is 9.47 Å². The summed E-state index contributed by atoms with van der Waals surface area (Å²) < 4.78 is 26.1. The minimum Gasteiger partial charge on any atom is -0.493 e. The van der Waals surface area contributed by atoms with E-state index in [9.17, 15) is 9.18 Å². The molecule has 2 aromatic heterocycles. The van der Waals surface area contributed by atoms with Crippen LogP contribution < -0.4 is 15.0 Å². The van der Waals surface area contributed by atoms with Crippen molar-refractivity contribution in [3.05, 3.63) is 81.7 Å². The van der Waals surface area contributed by atoms with E-state index in [0.717, 1.165) is 16.8 Å². The van der Waals surface area contributed by atoms with Crippen LogP contribution in [0.5, 0.6) is 11.5 Å². The van der Waals surface area contributed by atoms with Crippen LogP contribution in [-0.4, -0.2) is 28.8 Å². The highest BCUT2D eigenvalue weighted by Gasteiger charge is 2.17. The number of aromatic amines is 1. The lowest BCUT2D eigenvalue weighted by atomic mass is 10.0. The number of aryl methyl sites for hydroxylation is 1. The molecule has 0 bridgehead atoms. The van der Waals surface area contributed by atoms with Gasteiger partial charge in [-0.15, -0.1) is 0 Å². The Morgan fingerprint density at radius 3 is 2.55 bits per heavy atom. The highest BCUT2D eigenvalue weighted by atomic mass is 19.1. The van der Waals surface area contributed by atoms with Gasteiger partial charge in [0.05, 0.1) is 19.9 Å². The number of aromatic nitrogens is 3. The fourth-order valence-electron chi connectivity index (χ4n) is 3.46. The third-order valence-electron chi connectivity index (χ3n) is 4.85. The van der Waals surface area contributed by atoms with E-state index in [1.807, 2.05) is 19.1 Å². The zero-order valence-electron chi connectivity index (χ0n) is 16.3. The second kappa shape index (κ2) is 7.43. The summed E-state index contributed by atoms with van der Waals surface area (Å²) in [5.74, 6) is 0.868. The van der Waals surface area contributed by atoms with Crippen LogP contribution in [0, 0.1) is 12.7 Å². The number of nitrogens with one attached hydrogen (secondary N) is 1. The molecule has 1 N–H and O–H groups in total. The van der Waals surface area contributed by atoms with Gasteiger partial charge in [-0.05, 0) is 36.2 Å². The quantitative estimate of drug-likeness (QED) is 0.561. The Morgan fingerprint density at radius 1 is 1.07 bits per heavy atom. The molecule has 29 heavy (non-hydrogen) atoms. The van der Waals surface area contributed by atoms with Gasteiger partial charge < -0.3 is 9.47 Å². The number of H-pyrrole nitrogens is 1. The molecule has 2 aromatic carbocycles. The maximum Gasteiger partial charge on any atom is 0.272 e. The molecule has 0 fully saturated rings. The van der Waals surface area contributed by atoms with Crippen LogP contribution in [0.1, 0.15) is 17.0 Å². The smallest absolute Gasteiger partial charge is 0.272 e. The SMILES string of the molecule is COc1ccc(-c2c(C)[nH]n3c(=O)cc(Cc4ccccc4F)nc23)cc1OC. The van der Waals surface area contributed by atoms with Crippen molar-refractivity contribution in [3.63, 3.8) is 0 Å². The molecule has 0 saturated heterocycles. The number of nitrogens with zero attached hydrogens (tertiary/aromatic N) is 2. The molecule has 148 valence electrons. The summed E-state index contributed by atoms with van der Waals surface area (Å²) in [6, 6.07) is 13.4. The normalized spacial score (nSPS) is 11.0. The van der Waals surface area contributed by atoms with Gasteiger partial charge in [0.2, 0.25) is 0 Å². The van der Waals surface area contributed by atoms with Crippen molar-refractivity contribution in [2.45, 2.75) is 13.3 Å². The summed E-state index contributed by atoms with van der Waals surface area (Å²) in [5, 5.41) is 3.06. The van der Waals surface area contributed by atoms with Crippen molar-refractivity contribution < 1.29 is 13.9 Å². The van der Waals surface area contributed by atoms with E-state index in [0.29, 0.717) is 28.4 Å². The molecule has 0 amide bonds. The van der Waals surface area contributed by atoms with Crippen LogP contribution in [0.25, 0.3) is 16.8 Å². The zero-order valence-corrected chi connectivity index (χ0v) is 16.3. The summed E-state index contributed by atoms with van der Waals surface area (Å²) in [5.41, 5.74) is 3.60. The molecule has 0 unspecified atom stereocenters. The number of rotatable bonds is 5. The lowest BCUT2D eigenvalue weighted by molar-refractivity contribution is 0.355. The number of hydrogen-bond donors (Lipinski definition) is 1. The first-order chi connectivity index (χ1) is 14.0. The van der Waals surface area contributed by atoms with Crippen molar-refractivity contribution in [2.24, 2.45) is 0 Å². The van der Waals surface area contributed by atoms with E-state index in [-0.39, 0.29) is 17.8 Å². The fraction of sp³-hybridized carbons (Fsp3) is 0.182. The summed E-state index contributed by atoms with van der Waals surface area (Å²) in [6.45, 7) is 1.87. The topological polar surface area (TPSA) is 68.6 Å². The van der Waals surface area contributed by atoms with Crippen molar-refractivity contribution in [1.29, 1.82) is 0 Å². The summed E-state index contributed by atoms with van der Waals surface area (Å²) in [7, 11) is 3.14. The van der Waals surface area contributed by atoms with Crippen molar-refractivity contribution in [2.75, 3.05) is 14.2 Å². The van der Waals surface area contributed by atoms with Gasteiger partial charge in [0.25, 0.3) is 5.56 Å². The van der Waals surface area contributed by atoms with Crippen LogP contribution in [0.2, 0.25) is 0 Å².